The van der Waals surface area contributed by atoms with Crippen LogP contribution in [0.5, 0.6) is 0 Å². The Morgan fingerprint density at radius 2 is 1.81 bits per heavy atom. The van der Waals surface area contributed by atoms with Crippen molar-refractivity contribution in [1.29, 1.82) is 0 Å². The fourth-order valence-electron chi connectivity index (χ4n) is 3.14. The third-order valence-electron chi connectivity index (χ3n) is 4.65. The topological polar surface area (TPSA) is 79.8 Å². The van der Waals surface area contributed by atoms with Gasteiger partial charge >= 0.3 is 0 Å². The SMILES string of the molecule is O=C(NOCC1N=C(c2ccccc2F)c2cc(Cl)ccc2NC1=O)c1ccccc1. The summed E-state index contributed by atoms with van der Waals surface area (Å²) >= 11 is 6.14. The van der Waals surface area contributed by atoms with Crippen LogP contribution in [-0.4, -0.2) is 30.2 Å². The summed E-state index contributed by atoms with van der Waals surface area (Å²) in [5.74, 6) is -1.40. The fourth-order valence-corrected chi connectivity index (χ4v) is 3.31. The molecule has 0 aromatic heterocycles. The van der Waals surface area contributed by atoms with Gasteiger partial charge in [0.05, 0.1) is 11.4 Å². The van der Waals surface area contributed by atoms with E-state index in [1.54, 1.807) is 66.7 Å². The van der Waals surface area contributed by atoms with Crippen molar-refractivity contribution in [1.82, 2.24) is 5.48 Å². The summed E-state index contributed by atoms with van der Waals surface area (Å²) in [6.45, 7) is -0.246. The lowest BCUT2D eigenvalue weighted by atomic mass is 10.00. The number of nitrogens with one attached hydrogen (secondary N) is 2. The highest BCUT2D eigenvalue weighted by molar-refractivity contribution is 6.32. The molecule has 6 nitrogen and oxygen atoms in total. The van der Waals surface area contributed by atoms with Crippen molar-refractivity contribution in [3.8, 4) is 0 Å². The number of halogens is 2. The molecule has 2 amide bonds. The molecule has 1 aliphatic rings. The second-order valence-corrected chi connectivity index (χ2v) is 7.20. The van der Waals surface area contributed by atoms with Gasteiger partial charge in [0, 0.05) is 21.7 Å². The normalized spacial score (nSPS) is 15.4. The number of benzodiazepines with no additional fused rings is 1. The first-order chi connectivity index (χ1) is 15.0. The van der Waals surface area contributed by atoms with Crippen molar-refractivity contribution in [2.45, 2.75) is 6.04 Å². The first-order valence-corrected chi connectivity index (χ1v) is 9.81. The molecule has 0 fully saturated rings. The minimum atomic E-state index is -1.03. The van der Waals surface area contributed by atoms with Crippen molar-refractivity contribution in [3.05, 3.63) is 100 Å². The van der Waals surface area contributed by atoms with Gasteiger partial charge in [-0.05, 0) is 42.5 Å². The molecule has 1 atom stereocenters. The number of hydroxylamine groups is 1. The average molecular weight is 438 g/mol. The number of anilines is 1. The van der Waals surface area contributed by atoms with Gasteiger partial charge in [0.2, 0.25) is 0 Å². The Labute approximate surface area is 182 Å². The van der Waals surface area contributed by atoms with E-state index in [1.165, 1.54) is 6.07 Å². The lowest BCUT2D eigenvalue weighted by molar-refractivity contribution is -0.119. The average Bonchev–Trinajstić information content (AvgIpc) is 2.91. The van der Waals surface area contributed by atoms with Crippen LogP contribution in [0.15, 0.2) is 77.8 Å². The number of carbonyl (C=O) groups excluding carboxylic acids is 2. The molecule has 0 aliphatic carbocycles. The van der Waals surface area contributed by atoms with Gasteiger partial charge in [-0.2, -0.15) is 0 Å². The van der Waals surface area contributed by atoms with Crippen LogP contribution in [0.2, 0.25) is 5.02 Å². The standard InChI is InChI=1S/C23H17ClFN3O3/c24-15-10-11-19-17(12-15)21(16-8-4-5-9-18(16)25)26-20(23(30)27-19)13-31-28-22(29)14-6-2-1-3-7-14/h1-12,20H,13H2,(H,27,30)(H,28,29). The predicted molar refractivity (Wildman–Crippen MR) is 116 cm³/mol. The van der Waals surface area contributed by atoms with Crippen LogP contribution in [0.3, 0.4) is 0 Å². The molecular weight excluding hydrogens is 421 g/mol. The van der Waals surface area contributed by atoms with Crippen LogP contribution in [0.4, 0.5) is 10.1 Å². The number of rotatable bonds is 5. The molecule has 3 aromatic rings. The summed E-state index contributed by atoms with van der Waals surface area (Å²) in [4.78, 5) is 34.6. The van der Waals surface area contributed by atoms with Gasteiger partial charge in [-0.15, -0.1) is 0 Å². The van der Waals surface area contributed by atoms with Gasteiger partial charge in [-0.1, -0.05) is 41.9 Å². The molecule has 0 bridgehead atoms. The van der Waals surface area contributed by atoms with Crippen molar-refractivity contribution >= 4 is 34.8 Å². The number of benzene rings is 3. The Balaban J connectivity index is 1.62. The molecule has 1 heterocycles. The molecule has 2 N–H and O–H groups in total. The first kappa shape index (κ1) is 20.7. The highest BCUT2D eigenvalue weighted by atomic mass is 35.5. The Bertz CT molecular complexity index is 1170. The van der Waals surface area contributed by atoms with Gasteiger partial charge in [-0.3, -0.25) is 19.4 Å². The summed E-state index contributed by atoms with van der Waals surface area (Å²) in [7, 11) is 0. The summed E-state index contributed by atoms with van der Waals surface area (Å²) in [6.07, 6.45) is 0. The summed E-state index contributed by atoms with van der Waals surface area (Å²) < 4.78 is 14.6. The first-order valence-electron chi connectivity index (χ1n) is 9.43. The number of aliphatic imine (C=N–C) groups is 1. The number of hydrogen-bond donors (Lipinski definition) is 2. The number of amides is 2. The number of carbonyl (C=O) groups is 2. The number of fused-ring (bicyclic) bond motifs is 1. The van der Waals surface area contributed by atoms with Crippen LogP contribution in [-0.2, 0) is 9.63 Å². The quantitative estimate of drug-likeness (QED) is 0.592. The monoisotopic (exact) mass is 437 g/mol. The summed E-state index contributed by atoms with van der Waals surface area (Å²) in [5, 5.41) is 3.18. The van der Waals surface area contributed by atoms with Gasteiger partial charge in [0.1, 0.15) is 12.4 Å². The second-order valence-electron chi connectivity index (χ2n) is 6.76. The van der Waals surface area contributed by atoms with Crippen LogP contribution >= 0.6 is 11.6 Å². The van der Waals surface area contributed by atoms with Crippen molar-refractivity contribution < 1.29 is 18.8 Å². The van der Waals surface area contributed by atoms with Crippen LogP contribution in [0.25, 0.3) is 0 Å². The Kier molecular flexibility index (Phi) is 6.06. The maximum Gasteiger partial charge on any atom is 0.274 e. The molecule has 1 unspecified atom stereocenters. The molecule has 8 heteroatoms. The zero-order valence-corrected chi connectivity index (χ0v) is 16.9. The Hall–Kier alpha value is -3.55. The third-order valence-corrected chi connectivity index (χ3v) is 4.89. The molecule has 0 saturated heterocycles. The van der Waals surface area contributed by atoms with Crippen molar-refractivity contribution in [3.63, 3.8) is 0 Å². The maximum atomic E-state index is 14.6. The van der Waals surface area contributed by atoms with Crippen LogP contribution in [0, 0.1) is 5.82 Å². The van der Waals surface area contributed by atoms with E-state index in [-0.39, 0.29) is 17.9 Å². The predicted octanol–water partition coefficient (Wildman–Crippen LogP) is 4.00. The van der Waals surface area contributed by atoms with E-state index in [1.807, 2.05) is 0 Å². The van der Waals surface area contributed by atoms with Crippen molar-refractivity contribution in [2.24, 2.45) is 4.99 Å². The maximum absolute atomic E-state index is 14.6. The van der Waals surface area contributed by atoms with E-state index in [0.717, 1.165) is 0 Å². The third kappa shape index (κ3) is 4.63. The summed E-state index contributed by atoms with van der Waals surface area (Å²) in [5.41, 5.74) is 4.13. The number of hydrogen-bond acceptors (Lipinski definition) is 4. The molecule has 0 saturated carbocycles. The van der Waals surface area contributed by atoms with Gasteiger partial charge < -0.3 is 5.32 Å². The van der Waals surface area contributed by atoms with Crippen LogP contribution in [0.1, 0.15) is 21.5 Å². The van der Waals surface area contributed by atoms with Gasteiger partial charge in [-0.25, -0.2) is 9.87 Å². The van der Waals surface area contributed by atoms with Gasteiger partial charge in [0.15, 0.2) is 6.04 Å². The fraction of sp³-hybridized carbons (Fsp3) is 0.0870. The molecule has 156 valence electrons. The van der Waals surface area contributed by atoms with E-state index >= 15 is 0 Å². The van der Waals surface area contributed by atoms with E-state index in [9.17, 15) is 14.0 Å². The molecule has 0 radical (unpaired) electrons. The molecule has 0 spiro atoms. The van der Waals surface area contributed by atoms with E-state index in [2.05, 4.69) is 15.8 Å². The lowest BCUT2D eigenvalue weighted by Gasteiger charge is -2.12. The summed E-state index contributed by atoms with van der Waals surface area (Å²) in [6, 6.07) is 18.5. The zero-order chi connectivity index (χ0) is 21.8. The van der Waals surface area contributed by atoms with E-state index in [4.69, 9.17) is 16.4 Å². The molecule has 3 aromatic carbocycles. The zero-order valence-electron chi connectivity index (χ0n) is 16.1. The molecule has 31 heavy (non-hydrogen) atoms. The van der Waals surface area contributed by atoms with Gasteiger partial charge in [0.25, 0.3) is 11.8 Å². The van der Waals surface area contributed by atoms with Crippen LogP contribution < -0.4 is 10.8 Å². The molecule has 4 rings (SSSR count). The Morgan fingerprint density at radius 3 is 2.58 bits per heavy atom. The largest absolute Gasteiger partial charge is 0.324 e. The van der Waals surface area contributed by atoms with Crippen molar-refractivity contribution in [2.75, 3.05) is 11.9 Å². The minimum Gasteiger partial charge on any atom is -0.324 e. The molecule has 1 aliphatic heterocycles. The highest BCUT2D eigenvalue weighted by Crippen LogP contribution is 2.28. The minimum absolute atomic E-state index is 0.223. The Morgan fingerprint density at radius 1 is 1.06 bits per heavy atom. The second kappa shape index (κ2) is 9.07. The smallest absolute Gasteiger partial charge is 0.274 e. The van der Waals surface area contributed by atoms with E-state index in [0.29, 0.717) is 21.8 Å². The lowest BCUT2D eigenvalue weighted by Crippen LogP contribution is -2.34. The number of nitrogens with zero attached hydrogens (tertiary/aromatic N) is 1. The highest BCUT2D eigenvalue weighted by Gasteiger charge is 2.27. The van der Waals surface area contributed by atoms with E-state index < -0.39 is 23.7 Å². The molecular formula is C23H17ClFN3O3.